The summed E-state index contributed by atoms with van der Waals surface area (Å²) in [4.78, 5) is 10.7. The van der Waals surface area contributed by atoms with Crippen molar-refractivity contribution in [2.75, 3.05) is 13.7 Å². The van der Waals surface area contributed by atoms with Gasteiger partial charge in [0.05, 0.1) is 19.3 Å². The van der Waals surface area contributed by atoms with Gasteiger partial charge in [-0.3, -0.25) is 0 Å². The lowest BCUT2D eigenvalue weighted by atomic mass is 10.2. The van der Waals surface area contributed by atoms with E-state index in [1.54, 1.807) is 6.92 Å². The number of ether oxygens (including phenoxy) is 1. The van der Waals surface area contributed by atoms with E-state index in [0.717, 1.165) is 12.1 Å². The maximum atomic E-state index is 12.2. The molecule has 0 unspecified atom stereocenters. The fourth-order valence-electron chi connectivity index (χ4n) is 1.56. The first-order valence-corrected chi connectivity index (χ1v) is 7.38. The molecule has 7 nitrogen and oxygen atoms in total. The van der Waals surface area contributed by atoms with E-state index in [9.17, 15) is 13.2 Å². The Morgan fingerprint density at radius 3 is 2.55 bits per heavy atom. The molecule has 1 aromatic carbocycles. The highest BCUT2D eigenvalue weighted by Gasteiger charge is 2.23. The third kappa shape index (κ3) is 3.69. The molecule has 0 aliphatic rings. The van der Waals surface area contributed by atoms with E-state index in [0.29, 0.717) is 6.42 Å². The maximum Gasteiger partial charge on any atom is 0.335 e. The summed E-state index contributed by atoms with van der Waals surface area (Å²) in [5.41, 5.74) is -0.0741. The summed E-state index contributed by atoms with van der Waals surface area (Å²) >= 11 is 0. The monoisotopic (exact) mass is 303 g/mol. The third-order valence-corrected chi connectivity index (χ3v) is 4.30. The van der Waals surface area contributed by atoms with Crippen molar-refractivity contribution in [3.63, 3.8) is 0 Å². The van der Waals surface area contributed by atoms with Crippen LogP contribution in [0, 0.1) is 0 Å². The number of sulfonamides is 1. The number of methoxy groups -OCH3 is 1. The fourth-order valence-corrected chi connectivity index (χ4v) is 3.02. The molecule has 0 aliphatic heterocycles. The Kier molecular flexibility index (Phi) is 5.49. The number of aliphatic hydroxyl groups is 1. The molecule has 1 rings (SSSR count). The normalized spacial score (nSPS) is 12.9. The van der Waals surface area contributed by atoms with Gasteiger partial charge in [0.2, 0.25) is 10.0 Å². The molecule has 0 heterocycles. The average Bonchev–Trinajstić information content (AvgIpc) is 2.43. The van der Waals surface area contributed by atoms with Crippen LogP contribution in [0.15, 0.2) is 23.1 Å². The molecule has 0 spiro atoms. The van der Waals surface area contributed by atoms with E-state index < -0.39 is 22.0 Å². The highest BCUT2D eigenvalue weighted by molar-refractivity contribution is 7.89. The van der Waals surface area contributed by atoms with Gasteiger partial charge in [0.1, 0.15) is 10.6 Å². The lowest BCUT2D eigenvalue weighted by Gasteiger charge is -2.16. The quantitative estimate of drug-likeness (QED) is 0.674. The standard InChI is InChI=1S/C12H17NO6S/c1-3-9(7-14)13-20(17,18)11-5-4-8(12(15)16)6-10(11)19-2/h4-6,9,13-14H,3,7H2,1-2H3,(H,15,16)/t9-/m1/s1. The van der Waals surface area contributed by atoms with Crippen LogP contribution < -0.4 is 9.46 Å². The van der Waals surface area contributed by atoms with Gasteiger partial charge >= 0.3 is 5.97 Å². The Morgan fingerprint density at radius 2 is 2.10 bits per heavy atom. The van der Waals surface area contributed by atoms with Crippen LogP contribution in [0.4, 0.5) is 0 Å². The van der Waals surface area contributed by atoms with Crippen LogP contribution in [0.5, 0.6) is 5.75 Å². The molecule has 0 saturated carbocycles. The van der Waals surface area contributed by atoms with Gasteiger partial charge in [-0.25, -0.2) is 17.9 Å². The van der Waals surface area contributed by atoms with Crippen LogP contribution in [0.1, 0.15) is 23.7 Å². The number of rotatable bonds is 7. The Morgan fingerprint density at radius 1 is 1.45 bits per heavy atom. The summed E-state index contributed by atoms with van der Waals surface area (Å²) in [5, 5.41) is 17.9. The SMILES string of the molecule is CC[C@H](CO)NS(=O)(=O)c1ccc(C(=O)O)cc1OC. The largest absolute Gasteiger partial charge is 0.495 e. The van der Waals surface area contributed by atoms with Crippen molar-refractivity contribution in [2.45, 2.75) is 24.3 Å². The first-order chi connectivity index (χ1) is 9.35. The topological polar surface area (TPSA) is 113 Å². The van der Waals surface area contributed by atoms with Gasteiger partial charge in [-0.05, 0) is 24.6 Å². The number of hydrogen-bond donors (Lipinski definition) is 3. The van der Waals surface area contributed by atoms with E-state index >= 15 is 0 Å². The summed E-state index contributed by atoms with van der Waals surface area (Å²) < 4.78 is 31.6. The zero-order chi connectivity index (χ0) is 15.3. The maximum absolute atomic E-state index is 12.2. The summed E-state index contributed by atoms with van der Waals surface area (Å²) in [6.45, 7) is 1.40. The fraction of sp³-hybridized carbons (Fsp3) is 0.417. The average molecular weight is 303 g/mol. The number of nitrogens with one attached hydrogen (secondary N) is 1. The predicted octanol–water partition coefficient (Wildman–Crippen LogP) is 0.443. The molecule has 0 aromatic heterocycles. The lowest BCUT2D eigenvalue weighted by molar-refractivity contribution is 0.0696. The summed E-state index contributed by atoms with van der Waals surface area (Å²) in [5.74, 6) is -1.24. The van der Waals surface area contributed by atoms with Gasteiger partial charge in [0.25, 0.3) is 0 Å². The number of benzene rings is 1. The van der Waals surface area contributed by atoms with Crippen LogP contribution in [0.2, 0.25) is 0 Å². The van der Waals surface area contributed by atoms with E-state index in [1.165, 1.54) is 13.2 Å². The van der Waals surface area contributed by atoms with Gasteiger partial charge < -0.3 is 14.9 Å². The molecular formula is C12H17NO6S. The Bertz CT molecular complexity index is 580. The van der Waals surface area contributed by atoms with Gasteiger partial charge in [0.15, 0.2) is 0 Å². The molecule has 3 N–H and O–H groups in total. The van der Waals surface area contributed by atoms with Crippen molar-refractivity contribution in [1.82, 2.24) is 4.72 Å². The van der Waals surface area contributed by atoms with Gasteiger partial charge in [-0.1, -0.05) is 6.92 Å². The predicted molar refractivity (Wildman–Crippen MR) is 71.4 cm³/mol. The minimum atomic E-state index is -3.90. The number of carboxylic acid groups (broad SMARTS) is 1. The second-order valence-corrected chi connectivity index (χ2v) is 5.76. The molecule has 112 valence electrons. The van der Waals surface area contributed by atoms with Crippen molar-refractivity contribution >= 4 is 16.0 Å². The zero-order valence-corrected chi connectivity index (χ0v) is 12.0. The molecular weight excluding hydrogens is 286 g/mol. The number of carboxylic acids is 1. The van der Waals surface area contributed by atoms with E-state index in [-0.39, 0.29) is 22.8 Å². The first-order valence-electron chi connectivity index (χ1n) is 5.90. The number of carbonyl (C=O) groups is 1. The smallest absolute Gasteiger partial charge is 0.335 e. The van der Waals surface area contributed by atoms with Crippen molar-refractivity contribution in [2.24, 2.45) is 0 Å². The number of hydrogen-bond acceptors (Lipinski definition) is 5. The van der Waals surface area contributed by atoms with Crippen LogP contribution in [-0.2, 0) is 10.0 Å². The Hall–Kier alpha value is -1.64. The molecule has 0 aliphatic carbocycles. The molecule has 20 heavy (non-hydrogen) atoms. The van der Waals surface area contributed by atoms with Crippen LogP contribution in [-0.4, -0.2) is 44.4 Å². The second kappa shape index (κ2) is 6.69. The molecule has 0 fully saturated rings. The lowest BCUT2D eigenvalue weighted by Crippen LogP contribution is -2.37. The third-order valence-electron chi connectivity index (χ3n) is 2.74. The van der Waals surface area contributed by atoms with Crippen molar-refractivity contribution < 1.29 is 28.2 Å². The molecule has 1 aromatic rings. The van der Waals surface area contributed by atoms with E-state index in [4.69, 9.17) is 14.9 Å². The molecule has 0 bridgehead atoms. The minimum absolute atomic E-state index is 0.0646. The number of aliphatic hydroxyl groups excluding tert-OH is 1. The molecule has 0 radical (unpaired) electrons. The molecule has 8 heteroatoms. The first kappa shape index (κ1) is 16.4. The molecule has 0 saturated heterocycles. The van der Waals surface area contributed by atoms with Gasteiger partial charge in [0, 0.05) is 6.04 Å². The van der Waals surface area contributed by atoms with Crippen molar-refractivity contribution in [3.05, 3.63) is 23.8 Å². The second-order valence-electron chi connectivity index (χ2n) is 4.08. The van der Waals surface area contributed by atoms with E-state index in [1.807, 2.05) is 0 Å². The van der Waals surface area contributed by atoms with Crippen LogP contribution in [0.3, 0.4) is 0 Å². The zero-order valence-electron chi connectivity index (χ0n) is 11.2. The van der Waals surface area contributed by atoms with Crippen LogP contribution >= 0.6 is 0 Å². The number of aromatic carboxylic acids is 1. The van der Waals surface area contributed by atoms with Gasteiger partial charge in [-0.2, -0.15) is 0 Å². The summed E-state index contributed by atoms with van der Waals surface area (Å²) in [6.07, 6.45) is 0.422. The van der Waals surface area contributed by atoms with E-state index in [2.05, 4.69) is 4.72 Å². The Balaban J connectivity index is 3.21. The Labute approximate surface area is 117 Å². The van der Waals surface area contributed by atoms with Gasteiger partial charge in [-0.15, -0.1) is 0 Å². The minimum Gasteiger partial charge on any atom is -0.495 e. The highest BCUT2D eigenvalue weighted by atomic mass is 32.2. The van der Waals surface area contributed by atoms with Crippen molar-refractivity contribution in [3.8, 4) is 5.75 Å². The highest BCUT2D eigenvalue weighted by Crippen LogP contribution is 2.25. The molecule has 0 amide bonds. The summed E-state index contributed by atoms with van der Waals surface area (Å²) in [6, 6.07) is 2.87. The van der Waals surface area contributed by atoms with Crippen LogP contribution in [0.25, 0.3) is 0 Å². The van der Waals surface area contributed by atoms with Crippen molar-refractivity contribution in [1.29, 1.82) is 0 Å². The molecule has 1 atom stereocenters. The summed E-state index contributed by atoms with van der Waals surface area (Å²) in [7, 11) is -2.64.